The lowest BCUT2D eigenvalue weighted by Crippen LogP contribution is -2.43. The normalized spacial score (nSPS) is 19.1. The monoisotopic (exact) mass is 336 g/mol. The van der Waals surface area contributed by atoms with Crippen LogP contribution in [0.1, 0.15) is 18.7 Å². The molecule has 0 radical (unpaired) electrons. The van der Waals surface area contributed by atoms with E-state index in [4.69, 9.17) is 16.7 Å². The molecule has 0 bridgehead atoms. The summed E-state index contributed by atoms with van der Waals surface area (Å²) in [6.45, 7) is 2.81. The third-order valence-electron chi connectivity index (χ3n) is 4.22. The summed E-state index contributed by atoms with van der Waals surface area (Å²) < 4.78 is 0. The van der Waals surface area contributed by atoms with Crippen molar-refractivity contribution in [2.24, 2.45) is 5.92 Å². The van der Waals surface area contributed by atoms with Crippen LogP contribution in [0.25, 0.3) is 11.0 Å². The summed E-state index contributed by atoms with van der Waals surface area (Å²) >= 11 is 5.96. The van der Waals surface area contributed by atoms with Crippen molar-refractivity contribution in [3.63, 3.8) is 0 Å². The summed E-state index contributed by atoms with van der Waals surface area (Å²) in [5.74, 6) is 0.749. The lowest BCUT2D eigenvalue weighted by molar-refractivity contribution is -0.127. The number of piperidine rings is 1. The van der Waals surface area contributed by atoms with E-state index >= 15 is 0 Å². The number of benzene rings is 1. The highest BCUT2D eigenvalue weighted by molar-refractivity contribution is 6.31. The number of amides is 1. The number of aliphatic hydroxyl groups is 1. The van der Waals surface area contributed by atoms with Crippen molar-refractivity contribution in [1.29, 1.82) is 0 Å². The molecule has 3 N–H and O–H groups in total. The maximum absolute atomic E-state index is 12.3. The van der Waals surface area contributed by atoms with Crippen molar-refractivity contribution in [3.05, 3.63) is 29.0 Å². The van der Waals surface area contributed by atoms with Crippen LogP contribution in [0, 0.1) is 5.92 Å². The number of H-pyrrole nitrogens is 1. The minimum absolute atomic E-state index is 0.0193. The van der Waals surface area contributed by atoms with E-state index < -0.39 is 0 Å². The highest BCUT2D eigenvalue weighted by Gasteiger charge is 2.25. The zero-order valence-electron chi connectivity index (χ0n) is 12.9. The van der Waals surface area contributed by atoms with Gasteiger partial charge in [0, 0.05) is 18.1 Å². The number of imidazole rings is 1. The third-order valence-corrected chi connectivity index (χ3v) is 4.45. The van der Waals surface area contributed by atoms with Crippen LogP contribution >= 0.6 is 11.6 Å². The summed E-state index contributed by atoms with van der Waals surface area (Å²) in [4.78, 5) is 22.1. The van der Waals surface area contributed by atoms with Crippen LogP contribution in [0.4, 0.5) is 0 Å². The van der Waals surface area contributed by atoms with Crippen LogP contribution in [-0.4, -0.2) is 52.1 Å². The number of hydrogen-bond acceptors (Lipinski definition) is 4. The zero-order chi connectivity index (χ0) is 16.2. The second-order valence-corrected chi connectivity index (χ2v) is 6.36. The number of hydrogen-bond donors (Lipinski definition) is 3. The molecule has 2 aromatic rings. The van der Waals surface area contributed by atoms with Crippen molar-refractivity contribution in [2.45, 2.75) is 19.4 Å². The van der Waals surface area contributed by atoms with Gasteiger partial charge < -0.3 is 20.3 Å². The fourth-order valence-corrected chi connectivity index (χ4v) is 3.22. The molecule has 6 nitrogen and oxygen atoms in total. The molecule has 124 valence electrons. The van der Waals surface area contributed by atoms with Gasteiger partial charge in [0.05, 0.1) is 30.1 Å². The van der Waals surface area contributed by atoms with Crippen LogP contribution in [0.15, 0.2) is 18.2 Å². The van der Waals surface area contributed by atoms with Crippen molar-refractivity contribution in [3.8, 4) is 0 Å². The molecule has 1 fully saturated rings. The van der Waals surface area contributed by atoms with Gasteiger partial charge in [-0.3, -0.25) is 4.79 Å². The number of carbonyl (C=O) groups is 1. The summed E-state index contributed by atoms with van der Waals surface area (Å²) in [7, 11) is 0. The fraction of sp³-hybridized carbons (Fsp3) is 0.500. The van der Waals surface area contributed by atoms with Gasteiger partial charge in [0.15, 0.2) is 0 Å². The molecule has 3 rings (SSSR count). The molecule has 0 aliphatic carbocycles. The summed E-state index contributed by atoms with van der Waals surface area (Å²) in [5.41, 5.74) is 1.71. The summed E-state index contributed by atoms with van der Waals surface area (Å²) in [6, 6.07) is 5.47. The van der Waals surface area contributed by atoms with E-state index in [1.54, 1.807) is 6.07 Å². The van der Waals surface area contributed by atoms with Gasteiger partial charge in [-0.25, -0.2) is 4.98 Å². The standard InChI is InChI=1S/C16H21ClN4O2/c17-12-3-4-13-14(8-12)20-15(19-13)9-18-16(23)11-2-1-5-21(10-11)6-7-22/h3-4,8,11,22H,1-2,5-7,9-10H2,(H,18,23)(H,19,20)/t11-/m1/s1. The maximum Gasteiger partial charge on any atom is 0.224 e. The van der Waals surface area contributed by atoms with E-state index in [1.165, 1.54) is 0 Å². The van der Waals surface area contributed by atoms with Crippen molar-refractivity contribution in [1.82, 2.24) is 20.2 Å². The Morgan fingerprint density at radius 1 is 1.52 bits per heavy atom. The Hall–Kier alpha value is -1.63. The molecular weight excluding hydrogens is 316 g/mol. The summed E-state index contributed by atoms with van der Waals surface area (Å²) in [5, 5.41) is 12.6. The van der Waals surface area contributed by atoms with E-state index in [2.05, 4.69) is 20.2 Å². The van der Waals surface area contributed by atoms with Gasteiger partial charge in [-0.2, -0.15) is 0 Å². The topological polar surface area (TPSA) is 81.2 Å². The van der Waals surface area contributed by atoms with Crippen LogP contribution in [-0.2, 0) is 11.3 Å². The smallest absolute Gasteiger partial charge is 0.224 e. The quantitative estimate of drug-likeness (QED) is 0.773. The number of aromatic amines is 1. The Morgan fingerprint density at radius 2 is 2.39 bits per heavy atom. The Kier molecular flexibility index (Phi) is 5.15. The molecule has 7 heteroatoms. The Morgan fingerprint density at radius 3 is 3.22 bits per heavy atom. The highest BCUT2D eigenvalue weighted by Crippen LogP contribution is 2.18. The fourth-order valence-electron chi connectivity index (χ4n) is 3.05. The van der Waals surface area contributed by atoms with Gasteiger partial charge in [-0.1, -0.05) is 11.6 Å². The first-order chi connectivity index (χ1) is 11.2. The largest absolute Gasteiger partial charge is 0.395 e. The molecule has 1 saturated heterocycles. The number of aliphatic hydroxyl groups excluding tert-OH is 1. The molecule has 1 aromatic carbocycles. The highest BCUT2D eigenvalue weighted by atomic mass is 35.5. The molecule has 0 unspecified atom stereocenters. The first-order valence-corrected chi connectivity index (χ1v) is 8.28. The number of nitrogens with one attached hydrogen (secondary N) is 2. The molecule has 23 heavy (non-hydrogen) atoms. The first-order valence-electron chi connectivity index (χ1n) is 7.91. The number of carbonyl (C=O) groups excluding carboxylic acids is 1. The predicted molar refractivity (Wildman–Crippen MR) is 89.2 cm³/mol. The Labute approximate surface area is 139 Å². The number of fused-ring (bicyclic) bond motifs is 1. The van der Waals surface area contributed by atoms with Crippen LogP contribution in [0.3, 0.4) is 0 Å². The van der Waals surface area contributed by atoms with E-state index in [9.17, 15) is 4.79 Å². The zero-order valence-corrected chi connectivity index (χ0v) is 13.6. The lowest BCUT2D eigenvalue weighted by atomic mass is 9.97. The van der Waals surface area contributed by atoms with Crippen molar-refractivity contribution >= 4 is 28.5 Å². The first kappa shape index (κ1) is 16.2. The molecule has 1 aliphatic rings. The van der Waals surface area contributed by atoms with Crippen LogP contribution in [0.5, 0.6) is 0 Å². The van der Waals surface area contributed by atoms with Gasteiger partial charge in [0.2, 0.25) is 5.91 Å². The lowest BCUT2D eigenvalue weighted by Gasteiger charge is -2.31. The minimum Gasteiger partial charge on any atom is -0.395 e. The number of rotatable bonds is 5. The average Bonchev–Trinajstić information content (AvgIpc) is 2.95. The molecule has 1 amide bonds. The number of halogens is 1. The van der Waals surface area contributed by atoms with Gasteiger partial charge >= 0.3 is 0 Å². The van der Waals surface area contributed by atoms with Crippen molar-refractivity contribution < 1.29 is 9.90 Å². The van der Waals surface area contributed by atoms with Crippen molar-refractivity contribution in [2.75, 3.05) is 26.2 Å². The number of aromatic nitrogens is 2. The van der Waals surface area contributed by atoms with Gasteiger partial charge in [-0.05, 0) is 37.6 Å². The van der Waals surface area contributed by atoms with E-state index in [1.807, 2.05) is 12.1 Å². The molecule has 0 saturated carbocycles. The molecule has 1 aliphatic heterocycles. The predicted octanol–water partition coefficient (Wildman–Crippen LogP) is 1.54. The number of nitrogens with zero attached hydrogens (tertiary/aromatic N) is 2. The third kappa shape index (κ3) is 4.02. The SMILES string of the molecule is O=C(NCc1nc2ccc(Cl)cc2[nH]1)[C@@H]1CCCN(CCO)C1. The van der Waals surface area contributed by atoms with Crippen LogP contribution in [0.2, 0.25) is 5.02 Å². The van der Waals surface area contributed by atoms with Crippen LogP contribution < -0.4 is 5.32 Å². The molecule has 1 aromatic heterocycles. The minimum atomic E-state index is -0.0193. The van der Waals surface area contributed by atoms with E-state index in [0.717, 1.165) is 36.2 Å². The number of likely N-dealkylation sites (tertiary alicyclic amines) is 1. The molecule has 0 spiro atoms. The second kappa shape index (κ2) is 7.29. The second-order valence-electron chi connectivity index (χ2n) is 5.93. The van der Waals surface area contributed by atoms with E-state index in [0.29, 0.717) is 24.7 Å². The van der Waals surface area contributed by atoms with E-state index in [-0.39, 0.29) is 18.4 Å². The van der Waals surface area contributed by atoms with Gasteiger partial charge in [0.25, 0.3) is 0 Å². The maximum atomic E-state index is 12.3. The Bertz CT molecular complexity index is 686. The Balaban J connectivity index is 1.57. The van der Waals surface area contributed by atoms with Gasteiger partial charge in [-0.15, -0.1) is 0 Å². The average molecular weight is 337 g/mol. The number of β-amino-alcohol motifs (C(OH)–C–C–N with tert-alkyl or cyclic N) is 1. The summed E-state index contributed by atoms with van der Waals surface area (Å²) in [6.07, 6.45) is 1.88. The van der Waals surface area contributed by atoms with Gasteiger partial charge in [0.1, 0.15) is 5.82 Å². The molecule has 2 heterocycles. The molecule has 1 atom stereocenters. The molecular formula is C16H21ClN4O2.